The Kier molecular flexibility index (Phi) is 9.67. The van der Waals surface area contributed by atoms with Gasteiger partial charge < -0.3 is 20.2 Å². The van der Waals surface area contributed by atoms with Gasteiger partial charge in [0.05, 0.1) is 33.0 Å². The van der Waals surface area contributed by atoms with Crippen molar-refractivity contribution in [2.75, 3.05) is 19.0 Å². The Morgan fingerprint density at radius 2 is 2.11 bits per heavy atom. The van der Waals surface area contributed by atoms with Gasteiger partial charge in [-0.1, -0.05) is 13.8 Å². The highest BCUT2D eigenvalue weighted by atomic mass is 79.9. The number of furan rings is 1. The summed E-state index contributed by atoms with van der Waals surface area (Å²) in [5, 5.41) is 3.52. The van der Waals surface area contributed by atoms with E-state index < -0.39 is 0 Å². The number of rotatable bonds is 4. The lowest BCUT2D eigenvalue weighted by molar-refractivity contribution is 0.0168. The van der Waals surface area contributed by atoms with E-state index in [1.54, 1.807) is 17.6 Å². The molecule has 0 aliphatic carbocycles. The van der Waals surface area contributed by atoms with Crippen molar-refractivity contribution in [3.63, 3.8) is 0 Å². The molecular weight excluding hydrogens is 464 g/mol. The van der Waals surface area contributed by atoms with Crippen LogP contribution in [0.4, 0.5) is 5.82 Å². The van der Waals surface area contributed by atoms with E-state index in [2.05, 4.69) is 36.9 Å². The van der Waals surface area contributed by atoms with Crippen molar-refractivity contribution in [3.8, 4) is 0 Å². The van der Waals surface area contributed by atoms with Crippen LogP contribution in [0.2, 0.25) is 5.28 Å². The standard InChI is InChI=1S/C16H15BrClN3O2S.C2H6.CH5N/c17-11-12-14(24-13(11)10-5-1-2-6-23-10)15(21-16(18)20-12)19-8-9-4-3-7-22-9;2*1-2/h3-4,7,10H,1-2,5-6,8H2,(H,19,20,21);1-2H3;2H2,1H3. The lowest BCUT2D eigenvalue weighted by Gasteiger charge is -2.21. The molecule has 0 aromatic carbocycles. The molecule has 1 fully saturated rings. The fourth-order valence-corrected chi connectivity index (χ4v) is 5.07. The van der Waals surface area contributed by atoms with E-state index in [9.17, 15) is 0 Å². The maximum atomic E-state index is 6.12. The lowest BCUT2D eigenvalue weighted by atomic mass is 10.1. The molecule has 1 atom stereocenters. The average Bonchev–Trinajstić information content (AvgIpc) is 3.38. The van der Waals surface area contributed by atoms with Crippen LogP contribution in [0.15, 0.2) is 27.3 Å². The second kappa shape index (κ2) is 11.7. The molecule has 1 aliphatic rings. The molecule has 154 valence electrons. The molecule has 0 amide bonds. The van der Waals surface area contributed by atoms with E-state index in [4.69, 9.17) is 20.8 Å². The number of aromatic nitrogens is 2. The summed E-state index contributed by atoms with van der Waals surface area (Å²) in [6.07, 6.45) is 5.10. The van der Waals surface area contributed by atoms with E-state index in [0.29, 0.717) is 12.4 Å². The Morgan fingerprint density at radius 3 is 2.75 bits per heavy atom. The molecule has 28 heavy (non-hydrogen) atoms. The number of nitrogens with zero attached hydrogens (tertiary/aromatic N) is 2. The highest BCUT2D eigenvalue weighted by molar-refractivity contribution is 9.10. The predicted octanol–water partition coefficient (Wildman–Crippen LogP) is 6.16. The Hall–Kier alpha value is -1.19. The molecule has 0 bridgehead atoms. The summed E-state index contributed by atoms with van der Waals surface area (Å²) in [5.41, 5.74) is 5.33. The minimum Gasteiger partial charge on any atom is -0.467 e. The highest BCUT2D eigenvalue weighted by Gasteiger charge is 2.25. The minimum absolute atomic E-state index is 0.115. The first-order valence-electron chi connectivity index (χ1n) is 9.33. The summed E-state index contributed by atoms with van der Waals surface area (Å²) in [4.78, 5) is 9.90. The normalized spacial score (nSPS) is 16.0. The van der Waals surface area contributed by atoms with Crippen molar-refractivity contribution in [1.82, 2.24) is 9.97 Å². The zero-order valence-electron chi connectivity index (χ0n) is 16.3. The summed E-state index contributed by atoms with van der Waals surface area (Å²) < 4.78 is 13.2. The fourth-order valence-electron chi connectivity index (χ4n) is 2.80. The van der Waals surface area contributed by atoms with Crippen molar-refractivity contribution in [2.24, 2.45) is 5.73 Å². The largest absolute Gasteiger partial charge is 0.467 e. The van der Waals surface area contributed by atoms with Crippen LogP contribution in [-0.2, 0) is 11.3 Å². The van der Waals surface area contributed by atoms with E-state index in [-0.39, 0.29) is 11.4 Å². The average molecular weight is 490 g/mol. The van der Waals surface area contributed by atoms with Crippen LogP contribution in [0, 0.1) is 0 Å². The summed E-state index contributed by atoms with van der Waals surface area (Å²) >= 11 is 11.5. The van der Waals surface area contributed by atoms with Crippen LogP contribution in [0.3, 0.4) is 0 Å². The topological polar surface area (TPSA) is 86.2 Å². The van der Waals surface area contributed by atoms with Gasteiger partial charge in [0, 0.05) is 6.61 Å². The molecule has 1 unspecified atom stereocenters. The minimum atomic E-state index is 0.115. The predicted molar refractivity (Wildman–Crippen MR) is 120 cm³/mol. The first-order valence-corrected chi connectivity index (χ1v) is 11.3. The van der Waals surface area contributed by atoms with Crippen LogP contribution in [-0.4, -0.2) is 23.6 Å². The van der Waals surface area contributed by atoms with Crippen LogP contribution in [0.5, 0.6) is 0 Å². The zero-order chi connectivity index (χ0) is 20.5. The summed E-state index contributed by atoms with van der Waals surface area (Å²) in [7, 11) is 1.50. The van der Waals surface area contributed by atoms with Crippen molar-refractivity contribution in [3.05, 3.63) is 38.8 Å². The Balaban J connectivity index is 0.000000660. The molecule has 1 aliphatic heterocycles. The van der Waals surface area contributed by atoms with E-state index in [1.807, 2.05) is 26.0 Å². The number of thiophene rings is 1. The molecule has 9 heteroatoms. The van der Waals surface area contributed by atoms with E-state index in [0.717, 1.165) is 44.8 Å². The SMILES string of the molecule is CC.CN.Clc1nc(NCc2ccco2)c2sc(C3CCCCO3)c(Br)c2n1. The number of halogens is 2. The van der Waals surface area contributed by atoms with Gasteiger partial charge in [0.15, 0.2) is 0 Å². The number of nitrogens with two attached hydrogens (primary N) is 1. The second-order valence-electron chi connectivity index (χ2n) is 5.59. The summed E-state index contributed by atoms with van der Waals surface area (Å²) in [6.45, 7) is 5.35. The molecule has 6 nitrogen and oxygen atoms in total. The number of anilines is 1. The molecule has 3 N–H and O–H groups in total. The third kappa shape index (κ3) is 5.45. The number of fused-ring (bicyclic) bond motifs is 1. The Morgan fingerprint density at radius 1 is 1.32 bits per heavy atom. The van der Waals surface area contributed by atoms with Crippen molar-refractivity contribution in [2.45, 2.75) is 45.8 Å². The van der Waals surface area contributed by atoms with Gasteiger partial charge in [-0.15, -0.1) is 11.3 Å². The molecule has 3 aromatic rings. The van der Waals surface area contributed by atoms with Crippen LogP contribution >= 0.6 is 38.9 Å². The fraction of sp³-hybridized carbons (Fsp3) is 0.474. The van der Waals surface area contributed by atoms with Gasteiger partial charge in [0.25, 0.3) is 0 Å². The number of hydrogen-bond acceptors (Lipinski definition) is 7. The zero-order valence-corrected chi connectivity index (χ0v) is 19.5. The lowest BCUT2D eigenvalue weighted by Crippen LogP contribution is -2.10. The molecule has 1 saturated heterocycles. The van der Waals surface area contributed by atoms with E-state index >= 15 is 0 Å². The molecule has 0 spiro atoms. The van der Waals surface area contributed by atoms with Gasteiger partial charge in [-0.3, -0.25) is 0 Å². The van der Waals surface area contributed by atoms with Gasteiger partial charge in [-0.25, -0.2) is 4.98 Å². The van der Waals surface area contributed by atoms with Crippen LogP contribution in [0.1, 0.15) is 49.9 Å². The highest BCUT2D eigenvalue weighted by Crippen LogP contribution is 2.44. The second-order valence-corrected chi connectivity index (χ2v) is 7.77. The molecule has 0 saturated carbocycles. The van der Waals surface area contributed by atoms with Crippen molar-refractivity contribution in [1.29, 1.82) is 0 Å². The third-order valence-corrected chi connectivity index (χ3v) is 6.47. The molecule has 4 heterocycles. The third-order valence-electron chi connectivity index (χ3n) is 3.96. The quantitative estimate of drug-likeness (QED) is 0.427. The maximum Gasteiger partial charge on any atom is 0.225 e. The van der Waals surface area contributed by atoms with Gasteiger partial charge in [-0.05, 0) is 66.0 Å². The molecule has 4 rings (SSSR count). The van der Waals surface area contributed by atoms with E-state index in [1.165, 1.54) is 13.5 Å². The summed E-state index contributed by atoms with van der Waals surface area (Å²) in [6, 6.07) is 3.78. The first kappa shape index (κ1) is 23.1. The van der Waals surface area contributed by atoms with Gasteiger partial charge in [-0.2, -0.15) is 4.98 Å². The number of nitrogens with one attached hydrogen (secondary N) is 1. The monoisotopic (exact) mass is 488 g/mol. The van der Waals surface area contributed by atoms with Gasteiger partial charge in [0.2, 0.25) is 5.28 Å². The maximum absolute atomic E-state index is 6.12. The van der Waals surface area contributed by atoms with Crippen LogP contribution in [0.25, 0.3) is 10.2 Å². The molecular formula is C19H26BrClN4O2S. The van der Waals surface area contributed by atoms with Gasteiger partial charge >= 0.3 is 0 Å². The van der Waals surface area contributed by atoms with Crippen LogP contribution < -0.4 is 11.1 Å². The van der Waals surface area contributed by atoms with Gasteiger partial charge in [0.1, 0.15) is 17.1 Å². The summed E-state index contributed by atoms with van der Waals surface area (Å²) in [5.74, 6) is 1.55. The smallest absolute Gasteiger partial charge is 0.225 e. The molecule has 3 aromatic heterocycles. The number of hydrogen-bond donors (Lipinski definition) is 2. The van der Waals surface area contributed by atoms with Crippen molar-refractivity contribution >= 4 is 54.9 Å². The van der Waals surface area contributed by atoms with Crippen molar-refractivity contribution < 1.29 is 9.15 Å². The molecule has 0 radical (unpaired) electrons. The number of ether oxygens (including phenoxy) is 1. The first-order chi connectivity index (χ1) is 13.7. The Labute approximate surface area is 183 Å². The Bertz CT molecular complexity index is 851.